The number of halogens is 2. The molecule has 0 aliphatic heterocycles. The molecule has 11 heavy (non-hydrogen) atoms. The van der Waals surface area contributed by atoms with Crippen LogP contribution in [0.25, 0.3) is 0 Å². The molecule has 6 heteroatoms. The van der Waals surface area contributed by atoms with E-state index in [0.29, 0.717) is 0 Å². The highest BCUT2D eigenvalue weighted by atomic mass is 32.2. The molecule has 0 radical (unpaired) electrons. The molecule has 0 N–H and O–H groups in total. The summed E-state index contributed by atoms with van der Waals surface area (Å²) in [6.45, 7) is 0. The Morgan fingerprint density at radius 1 is 1.64 bits per heavy atom. The Balaban J connectivity index is 2.47. The molecule has 0 heterocycles. The smallest absolute Gasteiger partial charge is 0.267 e. The molecule has 0 spiro atoms. The second-order valence-electron chi connectivity index (χ2n) is 2.55. The quantitative estimate of drug-likeness (QED) is 0.607. The molecular weight excluding hydrogens is 178 g/mol. The van der Waals surface area contributed by atoms with E-state index in [-0.39, 0.29) is 6.42 Å². The Labute approximate surface area is 63.5 Å². The third-order valence-corrected chi connectivity index (χ3v) is 2.93. The van der Waals surface area contributed by atoms with Crippen molar-refractivity contribution in [2.75, 3.05) is 12.9 Å². The van der Waals surface area contributed by atoms with Crippen molar-refractivity contribution < 1.29 is 21.4 Å². The Hall–Kier alpha value is -0.230. The van der Waals surface area contributed by atoms with Gasteiger partial charge >= 0.3 is 0 Å². The topological polar surface area (TPSA) is 43.4 Å². The van der Waals surface area contributed by atoms with Gasteiger partial charge in [-0.2, -0.15) is 8.42 Å². The van der Waals surface area contributed by atoms with Crippen molar-refractivity contribution in [1.82, 2.24) is 0 Å². The van der Waals surface area contributed by atoms with E-state index >= 15 is 0 Å². The van der Waals surface area contributed by atoms with Gasteiger partial charge in [0.1, 0.15) is 0 Å². The number of rotatable bonds is 3. The second kappa shape index (κ2) is 2.38. The first-order valence-electron chi connectivity index (χ1n) is 3.03. The maximum atomic E-state index is 12.1. The molecule has 3 nitrogen and oxygen atoms in total. The van der Waals surface area contributed by atoms with Gasteiger partial charge in [-0.25, -0.2) is 8.78 Å². The minimum atomic E-state index is -3.71. The van der Waals surface area contributed by atoms with Crippen molar-refractivity contribution in [1.29, 1.82) is 0 Å². The van der Waals surface area contributed by atoms with Crippen molar-refractivity contribution in [2.45, 2.75) is 12.3 Å². The third kappa shape index (κ3) is 2.10. The average molecular weight is 186 g/mol. The summed E-state index contributed by atoms with van der Waals surface area (Å²) >= 11 is 0. The van der Waals surface area contributed by atoms with E-state index in [2.05, 4.69) is 4.18 Å². The lowest BCUT2D eigenvalue weighted by molar-refractivity contribution is 0.102. The highest BCUT2D eigenvalue weighted by Crippen LogP contribution is 2.49. The maximum absolute atomic E-state index is 12.1. The molecule has 0 aromatic rings. The molecule has 0 aromatic carbocycles. The fourth-order valence-corrected chi connectivity index (χ4v) is 1.76. The molecule has 0 aromatic heterocycles. The molecule has 0 amide bonds. The van der Waals surface area contributed by atoms with E-state index < -0.39 is 27.7 Å². The Kier molecular flexibility index (Phi) is 1.92. The zero-order valence-corrected chi connectivity index (χ0v) is 6.70. The van der Waals surface area contributed by atoms with E-state index in [1.807, 2.05) is 0 Å². The van der Waals surface area contributed by atoms with E-state index in [0.717, 1.165) is 7.11 Å². The van der Waals surface area contributed by atoms with E-state index in [9.17, 15) is 17.2 Å². The molecule has 66 valence electrons. The van der Waals surface area contributed by atoms with Gasteiger partial charge in [0, 0.05) is 12.3 Å². The SMILES string of the molecule is COS(=O)(=O)CC1CC1(F)F. The molecule has 0 bridgehead atoms. The third-order valence-electron chi connectivity index (χ3n) is 1.61. The van der Waals surface area contributed by atoms with Crippen LogP contribution in [0.3, 0.4) is 0 Å². The summed E-state index contributed by atoms with van der Waals surface area (Å²) in [5.74, 6) is -4.39. The molecular formula is C5H8F2O3S. The fraction of sp³-hybridized carbons (Fsp3) is 1.00. The highest BCUT2D eigenvalue weighted by Gasteiger charge is 2.58. The number of alkyl halides is 2. The Morgan fingerprint density at radius 3 is 2.36 bits per heavy atom. The molecule has 1 saturated carbocycles. The zero-order valence-electron chi connectivity index (χ0n) is 5.88. The van der Waals surface area contributed by atoms with Gasteiger partial charge in [0.25, 0.3) is 16.0 Å². The molecule has 1 unspecified atom stereocenters. The van der Waals surface area contributed by atoms with Crippen LogP contribution in [0.1, 0.15) is 6.42 Å². The summed E-state index contributed by atoms with van der Waals surface area (Å²) in [4.78, 5) is 0. The average Bonchev–Trinajstić information content (AvgIpc) is 2.39. The predicted octanol–water partition coefficient (Wildman–Crippen LogP) is 0.618. The first kappa shape index (κ1) is 8.86. The fourth-order valence-electron chi connectivity index (χ4n) is 0.765. The van der Waals surface area contributed by atoms with Crippen LogP contribution in [0.2, 0.25) is 0 Å². The molecule has 1 atom stereocenters. The summed E-state index contributed by atoms with van der Waals surface area (Å²) in [7, 11) is -2.74. The van der Waals surface area contributed by atoms with Crippen LogP contribution in [0.5, 0.6) is 0 Å². The summed E-state index contributed by atoms with van der Waals surface area (Å²) in [6.07, 6.45) is -0.338. The van der Waals surface area contributed by atoms with Crippen molar-refractivity contribution in [2.24, 2.45) is 5.92 Å². The molecule has 1 aliphatic carbocycles. The Bertz CT molecular complexity index is 246. The van der Waals surface area contributed by atoms with E-state index in [4.69, 9.17) is 0 Å². The van der Waals surface area contributed by atoms with Gasteiger partial charge < -0.3 is 0 Å². The molecule has 1 aliphatic rings. The lowest BCUT2D eigenvalue weighted by Gasteiger charge is -1.98. The van der Waals surface area contributed by atoms with Crippen LogP contribution >= 0.6 is 0 Å². The lowest BCUT2D eigenvalue weighted by atomic mass is 10.5. The second-order valence-corrected chi connectivity index (χ2v) is 4.34. The first-order valence-corrected chi connectivity index (χ1v) is 4.61. The van der Waals surface area contributed by atoms with Crippen LogP contribution in [-0.4, -0.2) is 27.2 Å². The molecule has 1 rings (SSSR count). The standard InChI is InChI=1S/C5H8F2O3S/c1-10-11(8,9)3-4-2-5(4,6)7/h4H,2-3H2,1H3. The van der Waals surface area contributed by atoms with Gasteiger partial charge in [-0.15, -0.1) is 0 Å². The summed E-state index contributed by atoms with van der Waals surface area (Å²) < 4.78 is 49.5. The minimum Gasteiger partial charge on any atom is -0.273 e. The van der Waals surface area contributed by atoms with Gasteiger partial charge in [0.2, 0.25) is 0 Å². The molecule has 1 fully saturated rings. The van der Waals surface area contributed by atoms with Crippen LogP contribution in [0.15, 0.2) is 0 Å². The van der Waals surface area contributed by atoms with Crippen LogP contribution in [-0.2, 0) is 14.3 Å². The van der Waals surface area contributed by atoms with Gasteiger partial charge in [0.05, 0.1) is 12.9 Å². The summed E-state index contributed by atoms with van der Waals surface area (Å²) in [5, 5.41) is 0. The van der Waals surface area contributed by atoms with Crippen molar-refractivity contribution in [3.8, 4) is 0 Å². The predicted molar refractivity (Wildman–Crippen MR) is 33.8 cm³/mol. The maximum Gasteiger partial charge on any atom is 0.267 e. The van der Waals surface area contributed by atoms with Gasteiger partial charge in [-0.1, -0.05) is 0 Å². The summed E-state index contributed by atoms with van der Waals surface area (Å²) in [6, 6.07) is 0. The van der Waals surface area contributed by atoms with E-state index in [1.165, 1.54) is 0 Å². The van der Waals surface area contributed by atoms with Gasteiger partial charge in [-0.05, 0) is 0 Å². The van der Waals surface area contributed by atoms with E-state index in [1.54, 1.807) is 0 Å². The zero-order chi connectivity index (χ0) is 8.70. The van der Waals surface area contributed by atoms with Crippen LogP contribution in [0.4, 0.5) is 8.78 Å². The van der Waals surface area contributed by atoms with Crippen molar-refractivity contribution in [3.05, 3.63) is 0 Å². The minimum absolute atomic E-state index is 0.338. The van der Waals surface area contributed by atoms with Crippen molar-refractivity contribution >= 4 is 10.1 Å². The van der Waals surface area contributed by atoms with Crippen LogP contribution in [0, 0.1) is 5.92 Å². The lowest BCUT2D eigenvalue weighted by Crippen LogP contribution is -2.12. The van der Waals surface area contributed by atoms with Gasteiger partial charge in [-0.3, -0.25) is 4.18 Å². The molecule has 0 saturated heterocycles. The monoisotopic (exact) mass is 186 g/mol. The van der Waals surface area contributed by atoms with Gasteiger partial charge in [0.15, 0.2) is 0 Å². The summed E-state index contributed by atoms with van der Waals surface area (Å²) in [5.41, 5.74) is 0. The number of hydrogen-bond acceptors (Lipinski definition) is 3. The van der Waals surface area contributed by atoms with Crippen LogP contribution < -0.4 is 0 Å². The normalized spacial score (nSPS) is 28.5. The largest absolute Gasteiger partial charge is 0.273 e. The number of hydrogen-bond donors (Lipinski definition) is 0. The van der Waals surface area contributed by atoms with Crippen molar-refractivity contribution in [3.63, 3.8) is 0 Å². The highest BCUT2D eigenvalue weighted by molar-refractivity contribution is 7.86. The first-order chi connectivity index (χ1) is 4.87. The Morgan fingerprint density at radius 2 is 2.09 bits per heavy atom.